The number of carbonyl (C=O) groups excluding carboxylic acids is 1. The van der Waals surface area contributed by atoms with E-state index in [0.717, 1.165) is 30.6 Å². The summed E-state index contributed by atoms with van der Waals surface area (Å²) in [7, 11) is 1.52. The maximum atomic E-state index is 12.5. The smallest absolute Gasteiger partial charge is 0.343 e. The van der Waals surface area contributed by atoms with E-state index < -0.39 is 5.97 Å². The van der Waals surface area contributed by atoms with Gasteiger partial charge in [0.25, 0.3) is 0 Å². The second-order valence-corrected chi connectivity index (χ2v) is 8.26. The average Bonchev–Trinajstić information content (AvgIpc) is 2.84. The molecule has 0 atom stereocenters. The Kier molecular flexibility index (Phi) is 9.50. The van der Waals surface area contributed by atoms with Crippen LogP contribution in [0, 0.1) is 0 Å². The van der Waals surface area contributed by atoms with Crippen molar-refractivity contribution in [3.63, 3.8) is 0 Å². The molecule has 0 saturated heterocycles. The molecule has 0 heterocycles. The van der Waals surface area contributed by atoms with Gasteiger partial charge in [0.2, 0.25) is 0 Å². The highest BCUT2D eigenvalue weighted by atomic mass is 32.1. The van der Waals surface area contributed by atoms with Gasteiger partial charge in [0.15, 0.2) is 16.6 Å². The van der Waals surface area contributed by atoms with Gasteiger partial charge in [0, 0.05) is 6.04 Å². The van der Waals surface area contributed by atoms with Gasteiger partial charge < -0.3 is 19.5 Å². The molecule has 7 nitrogen and oxygen atoms in total. The molecule has 0 amide bonds. The van der Waals surface area contributed by atoms with Crippen LogP contribution in [0.3, 0.4) is 0 Å². The number of rotatable bonds is 9. The zero-order valence-corrected chi connectivity index (χ0v) is 20.0. The van der Waals surface area contributed by atoms with Gasteiger partial charge >= 0.3 is 5.97 Å². The Morgan fingerprint density at radius 2 is 1.88 bits per heavy atom. The number of thiocarbonyl (C=S) groups is 1. The summed E-state index contributed by atoms with van der Waals surface area (Å²) in [4.78, 5) is 12.5. The van der Waals surface area contributed by atoms with Crippen molar-refractivity contribution in [2.75, 3.05) is 13.7 Å². The molecule has 2 aromatic rings. The molecule has 0 spiro atoms. The Hall–Kier alpha value is -3.13. The fraction of sp³-hybridized carbons (Fsp3) is 0.400. The van der Waals surface area contributed by atoms with Gasteiger partial charge in [-0.05, 0) is 79.5 Å². The summed E-state index contributed by atoms with van der Waals surface area (Å²) in [5, 5.41) is 8.02. The van der Waals surface area contributed by atoms with Gasteiger partial charge in [-0.3, -0.25) is 5.43 Å². The third-order valence-electron chi connectivity index (χ3n) is 5.27. The molecule has 1 saturated carbocycles. The van der Waals surface area contributed by atoms with Gasteiger partial charge in [-0.1, -0.05) is 26.2 Å². The summed E-state index contributed by atoms with van der Waals surface area (Å²) in [6.45, 7) is 2.67. The molecule has 3 rings (SSSR count). The number of methoxy groups -OCH3 is 1. The number of hydrazone groups is 1. The van der Waals surface area contributed by atoms with Crippen LogP contribution < -0.4 is 25.0 Å². The van der Waals surface area contributed by atoms with Crippen LogP contribution in [0.5, 0.6) is 17.2 Å². The van der Waals surface area contributed by atoms with Crippen molar-refractivity contribution in [3.8, 4) is 17.2 Å². The van der Waals surface area contributed by atoms with Crippen molar-refractivity contribution < 1.29 is 19.0 Å². The van der Waals surface area contributed by atoms with Crippen molar-refractivity contribution in [2.24, 2.45) is 5.10 Å². The highest BCUT2D eigenvalue weighted by molar-refractivity contribution is 7.80. The van der Waals surface area contributed by atoms with E-state index in [1.54, 1.807) is 48.7 Å². The summed E-state index contributed by atoms with van der Waals surface area (Å²) in [5.41, 5.74) is 4.06. The van der Waals surface area contributed by atoms with Crippen LogP contribution in [-0.2, 0) is 0 Å². The lowest BCUT2D eigenvalue weighted by molar-refractivity contribution is 0.0729. The lowest BCUT2D eigenvalue weighted by atomic mass is 9.96. The first-order chi connectivity index (χ1) is 16.1. The standard InChI is InChI=1S/C25H31N3O4S/c1-3-15-31-21-12-10-19(11-13-21)24(29)32-22-14-9-18(16-23(22)30-2)17-26-28-25(33)27-20-7-5-4-6-8-20/h9-14,16-17,20H,3-8,15H2,1-2H3,(H2,27,28,33)/b26-17+. The number of nitrogens with zero attached hydrogens (tertiary/aromatic N) is 1. The predicted octanol–water partition coefficient (Wildman–Crippen LogP) is 4.83. The molecule has 2 N–H and O–H groups in total. The largest absolute Gasteiger partial charge is 0.494 e. The van der Waals surface area contributed by atoms with Crippen molar-refractivity contribution in [2.45, 2.75) is 51.5 Å². The molecule has 0 aromatic heterocycles. The number of hydrogen-bond acceptors (Lipinski definition) is 6. The third-order valence-corrected chi connectivity index (χ3v) is 5.48. The second kappa shape index (κ2) is 12.8. The Labute approximate surface area is 200 Å². The molecule has 176 valence electrons. The molecule has 33 heavy (non-hydrogen) atoms. The van der Waals surface area contributed by atoms with Gasteiger partial charge in [-0.15, -0.1) is 0 Å². The molecule has 2 aromatic carbocycles. The first-order valence-electron chi connectivity index (χ1n) is 11.3. The first kappa shape index (κ1) is 24.5. The Balaban J connectivity index is 1.55. The minimum absolute atomic E-state index is 0.327. The molecular formula is C25H31N3O4S. The first-order valence-corrected chi connectivity index (χ1v) is 11.7. The van der Waals surface area contributed by atoms with Crippen molar-refractivity contribution in [3.05, 3.63) is 53.6 Å². The highest BCUT2D eigenvalue weighted by Gasteiger charge is 2.14. The summed E-state index contributed by atoms with van der Waals surface area (Å²) >= 11 is 5.32. The Morgan fingerprint density at radius 3 is 2.58 bits per heavy atom. The zero-order chi connectivity index (χ0) is 23.5. The van der Waals surface area contributed by atoms with Crippen LogP contribution in [0.15, 0.2) is 47.6 Å². The molecule has 8 heteroatoms. The number of ether oxygens (including phenoxy) is 3. The summed E-state index contributed by atoms with van der Waals surface area (Å²) in [5.74, 6) is 1.00. The normalized spacial score (nSPS) is 14.0. The molecule has 0 unspecified atom stereocenters. The van der Waals surface area contributed by atoms with Crippen molar-refractivity contribution in [1.82, 2.24) is 10.7 Å². The van der Waals surface area contributed by atoms with Crippen LogP contribution in [-0.4, -0.2) is 37.1 Å². The van der Waals surface area contributed by atoms with E-state index in [-0.39, 0.29) is 0 Å². The van der Waals surface area contributed by atoms with Crippen LogP contribution in [0.4, 0.5) is 0 Å². The Bertz CT molecular complexity index is 957. The van der Waals surface area contributed by atoms with E-state index in [2.05, 4.69) is 15.8 Å². The average molecular weight is 470 g/mol. The number of nitrogens with one attached hydrogen (secondary N) is 2. The van der Waals surface area contributed by atoms with E-state index in [0.29, 0.717) is 34.8 Å². The number of esters is 1. The molecule has 0 radical (unpaired) electrons. The fourth-order valence-corrected chi connectivity index (χ4v) is 3.76. The topological polar surface area (TPSA) is 81.2 Å². The Morgan fingerprint density at radius 1 is 1.12 bits per heavy atom. The van der Waals surface area contributed by atoms with Crippen LogP contribution in [0.1, 0.15) is 61.4 Å². The maximum Gasteiger partial charge on any atom is 0.343 e. The van der Waals surface area contributed by atoms with Gasteiger partial charge in [-0.2, -0.15) is 5.10 Å². The highest BCUT2D eigenvalue weighted by Crippen LogP contribution is 2.28. The third kappa shape index (κ3) is 7.75. The molecule has 1 aliphatic rings. The number of carbonyl (C=O) groups is 1. The van der Waals surface area contributed by atoms with Crippen molar-refractivity contribution >= 4 is 29.5 Å². The zero-order valence-electron chi connectivity index (χ0n) is 19.1. The monoisotopic (exact) mass is 469 g/mol. The van der Waals surface area contributed by atoms with E-state index in [9.17, 15) is 4.79 Å². The summed E-state index contributed by atoms with van der Waals surface area (Å²) in [6.07, 6.45) is 8.60. The quantitative estimate of drug-likeness (QED) is 0.179. The van der Waals surface area contributed by atoms with Gasteiger partial charge in [-0.25, -0.2) is 4.79 Å². The summed E-state index contributed by atoms with van der Waals surface area (Å²) in [6, 6.07) is 12.5. The van der Waals surface area contributed by atoms with E-state index in [4.69, 9.17) is 26.4 Å². The minimum atomic E-state index is -0.474. The van der Waals surface area contributed by atoms with Gasteiger partial charge in [0.05, 0.1) is 25.5 Å². The van der Waals surface area contributed by atoms with E-state index in [1.165, 1.54) is 26.4 Å². The van der Waals surface area contributed by atoms with Crippen LogP contribution >= 0.6 is 12.2 Å². The van der Waals surface area contributed by atoms with Crippen LogP contribution in [0.25, 0.3) is 0 Å². The number of hydrogen-bond donors (Lipinski definition) is 2. The SMILES string of the molecule is CCCOc1ccc(C(=O)Oc2ccc(/C=N/NC(=S)NC3CCCCC3)cc2OC)cc1. The maximum absolute atomic E-state index is 12.5. The predicted molar refractivity (Wildman–Crippen MR) is 134 cm³/mol. The molecule has 1 aliphatic carbocycles. The molecule has 1 fully saturated rings. The summed E-state index contributed by atoms with van der Waals surface area (Å²) < 4.78 is 16.5. The van der Waals surface area contributed by atoms with E-state index in [1.807, 2.05) is 6.92 Å². The molecule has 0 bridgehead atoms. The molecular weight excluding hydrogens is 438 g/mol. The van der Waals surface area contributed by atoms with Crippen molar-refractivity contribution in [1.29, 1.82) is 0 Å². The molecule has 0 aliphatic heterocycles. The van der Waals surface area contributed by atoms with E-state index >= 15 is 0 Å². The fourth-order valence-electron chi connectivity index (χ4n) is 3.54. The van der Waals surface area contributed by atoms with Gasteiger partial charge in [0.1, 0.15) is 5.75 Å². The number of benzene rings is 2. The lowest BCUT2D eigenvalue weighted by Gasteiger charge is -2.23. The van der Waals surface area contributed by atoms with Crippen LogP contribution in [0.2, 0.25) is 0 Å². The minimum Gasteiger partial charge on any atom is -0.494 e. The second-order valence-electron chi connectivity index (χ2n) is 7.85. The lowest BCUT2D eigenvalue weighted by Crippen LogP contribution is -2.40.